The van der Waals surface area contributed by atoms with Crippen molar-refractivity contribution in [1.82, 2.24) is 4.31 Å². The van der Waals surface area contributed by atoms with Gasteiger partial charge in [-0.25, -0.2) is 8.42 Å². The van der Waals surface area contributed by atoms with Gasteiger partial charge in [0.25, 0.3) is 0 Å². The fourth-order valence-corrected chi connectivity index (χ4v) is 5.51. The molecule has 1 aliphatic rings. The molecule has 2 atom stereocenters. The predicted molar refractivity (Wildman–Crippen MR) is 75.3 cm³/mol. The Kier molecular flexibility index (Phi) is 4.83. The number of hydrogen-bond donors (Lipinski definition) is 1. The second kappa shape index (κ2) is 6.08. The lowest BCUT2D eigenvalue weighted by Gasteiger charge is -2.17. The van der Waals surface area contributed by atoms with E-state index in [4.69, 9.17) is 9.47 Å². The average molecular weight is 321 g/mol. The number of hydrogen-bond acceptors (Lipinski definition) is 6. The van der Waals surface area contributed by atoms with E-state index >= 15 is 0 Å². The topological polar surface area (TPSA) is 76.1 Å². The quantitative estimate of drug-likeness (QED) is 0.859. The number of aryl methyl sites for hydroxylation is 1. The van der Waals surface area contributed by atoms with Crippen LogP contribution in [0.5, 0.6) is 0 Å². The molecule has 0 amide bonds. The van der Waals surface area contributed by atoms with Gasteiger partial charge in [0.05, 0.1) is 23.7 Å². The van der Waals surface area contributed by atoms with Crippen molar-refractivity contribution >= 4 is 21.4 Å². The van der Waals surface area contributed by atoms with Gasteiger partial charge in [0, 0.05) is 27.3 Å². The fourth-order valence-electron chi connectivity index (χ4n) is 2.43. The van der Waals surface area contributed by atoms with E-state index in [2.05, 4.69) is 0 Å². The molecule has 0 saturated carbocycles. The maximum Gasteiger partial charge on any atom is 0.244 e. The number of rotatable bonds is 5. The van der Waals surface area contributed by atoms with Crippen molar-refractivity contribution in [3.8, 4) is 0 Å². The molecule has 1 aromatic rings. The Hall–Kier alpha value is -0.510. The van der Waals surface area contributed by atoms with Crippen molar-refractivity contribution in [3.05, 3.63) is 15.8 Å². The van der Waals surface area contributed by atoms with E-state index in [1.165, 1.54) is 15.6 Å². The van der Waals surface area contributed by atoms with E-state index in [-0.39, 0.29) is 36.8 Å². The minimum absolute atomic E-state index is 0.219. The molecule has 2 heterocycles. The lowest BCUT2D eigenvalue weighted by molar-refractivity contribution is -0.00461. The zero-order valence-electron chi connectivity index (χ0n) is 11.7. The molecular weight excluding hydrogens is 302 g/mol. The number of methoxy groups -OCH3 is 2. The number of thiophene rings is 1. The van der Waals surface area contributed by atoms with Crippen LogP contribution in [0.4, 0.5) is 0 Å². The molecule has 1 aliphatic heterocycles. The Labute approximate surface area is 123 Å². The summed E-state index contributed by atoms with van der Waals surface area (Å²) < 4.78 is 37.4. The molecular formula is C12H19NO5S2. The third kappa shape index (κ3) is 2.63. The van der Waals surface area contributed by atoms with Gasteiger partial charge in [-0.2, -0.15) is 4.31 Å². The Morgan fingerprint density at radius 1 is 1.35 bits per heavy atom. The Balaban J connectivity index is 2.34. The second-order valence-electron chi connectivity index (χ2n) is 4.70. The number of nitrogens with zero attached hydrogens (tertiary/aromatic N) is 1. The Morgan fingerprint density at radius 3 is 2.35 bits per heavy atom. The molecule has 0 radical (unpaired) electrons. The monoisotopic (exact) mass is 321 g/mol. The van der Waals surface area contributed by atoms with Gasteiger partial charge in [0.1, 0.15) is 4.90 Å². The first-order valence-corrected chi connectivity index (χ1v) is 8.51. The van der Waals surface area contributed by atoms with Crippen LogP contribution in [0.3, 0.4) is 0 Å². The summed E-state index contributed by atoms with van der Waals surface area (Å²) in [4.78, 5) is 0.689. The Morgan fingerprint density at radius 2 is 1.90 bits per heavy atom. The van der Waals surface area contributed by atoms with Gasteiger partial charge in [-0.1, -0.05) is 0 Å². The maximum absolute atomic E-state index is 12.7. The smallest absolute Gasteiger partial charge is 0.244 e. The van der Waals surface area contributed by atoms with E-state index < -0.39 is 10.0 Å². The number of aliphatic hydroxyl groups is 1. The highest BCUT2D eigenvalue weighted by molar-refractivity contribution is 7.89. The van der Waals surface area contributed by atoms with Crippen molar-refractivity contribution in [2.45, 2.75) is 30.6 Å². The maximum atomic E-state index is 12.7. The molecule has 1 N–H and O–H groups in total. The normalized spacial score (nSPS) is 24.4. The molecule has 2 unspecified atom stereocenters. The molecule has 2 rings (SSSR count). The minimum atomic E-state index is -3.63. The van der Waals surface area contributed by atoms with Crippen LogP contribution in [0, 0.1) is 6.92 Å². The lowest BCUT2D eigenvalue weighted by Crippen LogP contribution is -2.31. The zero-order valence-corrected chi connectivity index (χ0v) is 13.3. The minimum Gasteiger partial charge on any atom is -0.391 e. The van der Waals surface area contributed by atoms with Crippen molar-refractivity contribution in [2.75, 3.05) is 27.3 Å². The van der Waals surface area contributed by atoms with E-state index in [0.717, 1.165) is 0 Å². The van der Waals surface area contributed by atoms with Gasteiger partial charge in [-0.05, 0) is 17.9 Å². The largest absolute Gasteiger partial charge is 0.391 e. The summed E-state index contributed by atoms with van der Waals surface area (Å²) in [6.07, 6.45) is -0.544. The van der Waals surface area contributed by atoms with Crippen molar-refractivity contribution in [2.24, 2.45) is 0 Å². The van der Waals surface area contributed by atoms with Gasteiger partial charge in [0.15, 0.2) is 0 Å². The summed E-state index contributed by atoms with van der Waals surface area (Å²) >= 11 is 1.26. The highest BCUT2D eigenvalue weighted by Crippen LogP contribution is 2.32. The van der Waals surface area contributed by atoms with Gasteiger partial charge < -0.3 is 14.6 Å². The van der Waals surface area contributed by atoms with Crippen LogP contribution in [-0.2, 0) is 26.1 Å². The van der Waals surface area contributed by atoms with Crippen LogP contribution in [0.15, 0.2) is 10.3 Å². The van der Waals surface area contributed by atoms with Crippen LogP contribution in [0.25, 0.3) is 0 Å². The number of sulfonamides is 1. The summed E-state index contributed by atoms with van der Waals surface area (Å²) in [5, 5.41) is 11.1. The SMILES string of the molecule is COC1CN(S(=O)(=O)c2c(C)csc2CO)CC1OC. The van der Waals surface area contributed by atoms with Crippen molar-refractivity contribution < 1.29 is 23.0 Å². The second-order valence-corrected chi connectivity index (χ2v) is 7.54. The van der Waals surface area contributed by atoms with E-state index in [1.807, 2.05) is 0 Å². The summed E-state index contributed by atoms with van der Waals surface area (Å²) in [5.41, 5.74) is 0.661. The molecule has 1 saturated heterocycles. The number of aliphatic hydroxyl groups excluding tert-OH is 1. The van der Waals surface area contributed by atoms with E-state index in [0.29, 0.717) is 10.4 Å². The highest BCUT2D eigenvalue weighted by Gasteiger charge is 2.41. The Bertz CT molecular complexity index is 556. The first-order valence-electron chi connectivity index (χ1n) is 6.19. The molecule has 1 aromatic heterocycles. The van der Waals surface area contributed by atoms with Crippen LogP contribution in [0.1, 0.15) is 10.4 Å². The third-order valence-electron chi connectivity index (χ3n) is 3.52. The summed E-state index contributed by atoms with van der Waals surface area (Å²) in [6.45, 7) is 1.98. The molecule has 114 valence electrons. The molecule has 8 heteroatoms. The van der Waals surface area contributed by atoms with Crippen LogP contribution >= 0.6 is 11.3 Å². The van der Waals surface area contributed by atoms with Gasteiger partial charge >= 0.3 is 0 Å². The van der Waals surface area contributed by atoms with E-state index in [1.54, 1.807) is 26.5 Å². The standard InChI is InChI=1S/C12H19NO5S2/c1-8-7-19-11(6-14)12(8)20(15,16)13-4-9(17-2)10(5-13)18-3/h7,9-10,14H,4-6H2,1-3H3. The first-order chi connectivity index (χ1) is 9.45. The van der Waals surface area contributed by atoms with Gasteiger partial charge in [-0.3, -0.25) is 0 Å². The van der Waals surface area contributed by atoms with Crippen LogP contribution in [0.2, 0.25) is 0 Å². The third-order valence-corrected chi connectivity index (χ3v) is 6.80. The summed E-state index contributed by atoms with van der Waals surface area (Å²) in [6, 6.07) is 0. The van der Waals surface area contributed by atoms with Crippen molar-refractivity contribution in [1.29, 1.82) is 0 Å². The molecule has 0 spiro atoms. The molecule has 0 aliphatic carbocycles. The van der Waals surface area contributed by atoms with Gasteiger partial charge in [0.2, 0.25) is 10.0 Å². The highest BCUT2D eigenvalue weighted by atomic mass is 32.2. The van der Waals surface area contributed by atoms with Crippen LogP contribution < -0.4 is 0 Å². The molecule has 1 fully saturated rings. The number of ether oxygens (including phenoxy) is 2. The average Bonchev–Trinajstić information content (AvgIpc) is 3.01. The molecule has 0 aromatic carbocycles. The predicted octanol–water partition coefficient (Wildman–Crippen LogP) is 0.583. The van der Waals surface area contributed by atoms with Gasteiger partial charge in [-0.15, -0.1) is 11.3 Å². The summed E-state index contributed by atoms with van der Waals surface area (Å²) in [7, 11) is -0.544. The van der Waals surface area contributed by atoms with E-state index in [9.17, 15) is 13.5 Å². The molecule has 0 bridgehead atoms. The van der Waals surface area contributed by atoms with Crippen LogP contribution in [-0.4, -0.2) is 57.3 Å². The lowest BCUT2D eigenvalue weighted by atomic mass is 10.3. The van der Waals surface area contributed by atoms with Crippen molar-refractivity contribution in [3.63, 3.8) is 0 Å². The zero-order chi connectivity index (χ0) is 14.9. The fraction of sp³-hybridized carbons (Fsp3) is 0.667. The molecule has 6 nitrogen and oxygen atoms in total. The molecule has 20 heavy (non-hydrogen) atoms. The summed E-state index contributed by atoms with van der Waals surface area (Å²) in [5.74, 6) is 0. The first kappa shape index (κ1) is 15.9.